The number of thiazole rings is 1. The van der Waals surface area contributed by atoms with Crippen molar-refractivity contribution in [2.75, 3.05) is 11.9 Å². The van der Waals surface area contributed by atoms with Gasteiger partial charge in [0.1, 0.15) is 0 Å². The van der Waals surface area contributed by atoms with Crippen molar-refractivity contribution < 1.29 is 14.8 Å². The van der Waals surface area contributed by atoms with Gasteiger partial charge >= 0.3 is 0 Å². The van der Waals surface area contributed by atoms with E-state index in [0.29, 0.717) is 22.8 Å². The number of hydrogen-bond acceptors (Lipinski definition) is 6. The zero-order valence-electron chi connectivity index (χ0n) is 13.9. The average molecular weight is 362 g/mol. The molecule has 2 unspecified atom stereocenters. The van der Waals surface area contributed by atoms with Gasteiger partial charge in [-0.15, -0.1) is 11.3 Å². The second-order valence-corrected chi connectivity index (χ2v) is 9.16. The summed E-state index contributed by atoms with van der Waals surface area (Å²) >= 11 is 1.29. The molecule has 2 bridgehead atoms. The molecule has 7 nitrogen and oxygen atoms in total. The number of nitrogens with zero attached hydrogens (tertiary/aromatic N) is 1. The molecule has 0 saturated heterocycles. The van der Waals surface area contributed by atoms with Crippen molar-refractivity contribution in [2.24, 2.45) is 23.2 Å². The van der Waals surface area contributed by atoms with Gasteiger partial charge in [-0.1, -0.05) is 0 Å². The Hall–Kier alpha value is -1.51. The molecule has 1 aromatic heterocycles. The molecule has 4 fully saturated rings. The van der Waals surface area contributed by atoms with Crippen LogP contribution in [0.2, 0.25) is 0 Å². The Morgan fingerprint density at radius 3 is 2.64 bits per heavy atom. The molecule has 2 amide bonds. The lowest BCUT2D eigenvalue weighted by Crippen LogP contribution is -2.60. The maximum Gasteiger partial charge on any atom is 0.249 e. The minimum absolute atomic E-state index is 0.00371. The van der Waals surface area contributed by atoms with Crippen molar-refractivity contribution in [1.82, 2.24) is 15.8 Å². The van der Waals surface area contributed by atoms with Gasteiger partial charge in [0.2, 0.25) is 11.8 Å². The molecule has 134 valence electrons. The fourth-order valence-electron chi connectivity index (χ4n) is 6.36. The summed E-state index contributed by atoms with van der Waals surface area (Å²) in [6.07, 6.45) is 6.57. The van der Waals surface area contributed by atoms with E-state index in [0.717, 1.165) is 17.8 Å². The van der Waals surface area contributed by atoms with E-state index in [4.69, 9.17) is 5.21 Å². The van der Waals surface area contributed by atoms with Crippen molar-refractivity contribution in [3.05, 3.63) is 11.1 Å². The second kappa shape index (κ2) is 5.25. The molecule has 4 aliphatic rings. The van der Waals surface area contributed by atoms with Crippen molar-refractivity contribution in [1.29, 1.82) is 0 Å². The largest absolute Gasteiger partial charge is 0.303 e. The standard InChI is InChI=1S/C17H22N4O3S/c22-13(21-24)3-12-7-25-15(19-12)20-14(23)6-18-16-4-10-1-9-2-11(5-16)17(9,10)8-16/h7,9-11,18,24H,1-6,8H2,(H,21,22)(H,19,20,23). The first kappa shape index (κ1) is 15.7. The third kappa shape index (κ3) is 2.20. The third-order valence-electron chi connectivity index (χ3n) is 7.23. The molecule has 4 N–H and O–H groups in total. The Balaban J connectivity index is 1.15. The summed E-state index contributed by atoms with van der Waals surface area (Å²) in [4.78, 5) is 27.6. The summed E-state index contributed by atoms with van der Waals surface area (Å²) in [7, 11) is 0. The monoisotopic (exact) mass is 362 g/mol. The topological polar surface area (TPSA) is 103 Å². The molecule has 4 saturated carbocycles. The van der Waals surface area contributed by atoms with Crippen LogP contribution in [-0.2, 0) is 16.0 Å². The zero-order valence-corrected chi connectivity index (χ0v) is 14.7. The summed E-state index contributed by atoms with van der Waals surface area (Å²) in [5, 5.41) is 17.1. The summed E-state index contributed by atoms with van der Waals surface area (Å²) in [5.41, 5.74) is 2.95. The Morgan fingerprint density at radius 1 is 1.24 bits per heavy atom. The number of carbonyl (C=O) groups excluding carboxylic acids is 2. The minimum atomic E-state index is -0.520. The molecule has 1 heterocycles. The molecule has 1 aromatic rings. The third-order valence-corrected chi connectivity index (χ3v) is 8.03. The summed E-state index contributed by atoms with van der Waals surface area (Å²) in [6, 6.07) is 0. The highest BCUT2D eigenvalue weighted by Gasteiger charge is 2.77. The molecule has 8 heteroatoms. The fourth-order valence-corrected chi connectivity index (χ4v) is 7.09. The smallest absolute Gasteiger partial charge is 0.249 e. The molecule has 2 atom stereocenters. The van der Waals surface area contributed by atoms with Gasteiger partial charge < -0.3 is 10.6 Å². The number of carbonyl (C=O) groups is 2. The van der Waals surface area contributed by atoms with E-state index in [9.17, 15) is 9.59 Å². The first-order valence-corrected chi connectivity index (χ1v) is 9.83. The number of hydrogen-bond donors (Lipinski definition) is 4. The van der Waals surface area contributed by atoms with E-state index >= 15 is 0 Å². The fraction of sp³-hybridized carbons (Fsp3) is 0.706. The van der Waals surface area contributed by atoms with Crippen LogP contribution in [0.5, 0.6) is 0 Å². The van der Waals surface area contributed by atoms with E-state index in [1.165, 1.54) is 43.4 Å². The van der Waals surface area contributed by atoms with Crippen molar-refractivity contribution >= 4 is 28.3 Å². The SMILES string of the molecule is O=C(Cc1csc(NC(=O)CNC23CC4CC5CC(C2)C54C3)n1)NO. The van der Waals surface area contributed by atoms with Crippen LogP contribution >= 0.6 is 11.3 Å². The van der Waals surface area contributed by atoms with E-state index in [1.54, 1.807) is 10.9 Å². The number of rotatable bonds is 6. The number of hydroxylamine groups is 1. The van der Waals surface area contributed by atoms with Crippen LogP contribution in [0.25, 0.3) is 0 Å². The van der Waals surface area contributed by atoms with Gasteiger partial charge in [0, 0.05) is 10.9 Å². The minimum Gasteiger partial charge on any atom is -0.303 e. The van der Waals surface area contributed by atoms with Crippen LogP contribution < -0.4 is 16.1 Å². The lowest BCUT2D eigenvalue weighted by Gasteiger charge is -2.66. The highest BCUT2D eigenvalue weighted by molar-refractivity contribution is 7.13. The second-order valence-electron chi connectivity index (χ2n) is 8.30. The molecule has 4 aliphatic carbocycles. The first-order valence-electron chi connectivity index (χ1n) is 8.95. The Bertz CT molecular complexity index is 732. The zero-order chi connectivity index (χ0) is 17.2. The number of aromatic nitrogens is 1. The molecule has 5 rings (SSSR count). The molecule has 0 radical (unpaired) electrons. The lowest BCUT2D eigenvalue weighted by molar-refractivity contribution is -0.175. The van der Waals surface area contributed by atoms with Crippen LogP contribution in [0.1, 0.15) is 37.8 Å². The number of anilines is 1. The number of nitrogens with one attached hydrogen (secondary N) is 3. The van der Waals surface area contributed by atoms with Gasteiger partial charge in [-0.2, -0.15) is 0 Å². The van der Waals surface area contributed by atoms with Gasteiger partial charge in [-0.25, -0.2) is 10.5 Å². The lowest BCUT2D eigenvalue weighted by atomic mass is 9.38. The summed E-state index contributed by atoms with van der Waals surface area (Å²) < 4.78 is 0. The quantitative estimate of drug-likeness (QED) is 0.451. The van der Waals surface area contributed by atoms with E-state index in [-0.39, 0.29) is 17.9 Å². The van der Waals surface area contributed by atoms with E-state index in [2.05, 4.69) is 15.6 Å². The average Bonchev–Trinajstić information content (AvgIpc) is 3.21. The van der Waals surface area contributed by atoms with Crippen LogP contribution in [0.4, 0.5) is 5.13 Å². The van der Waals surface area contributed by atoms with E-state index < -0.39 is 5.91 Å². The maximum atomic E-state index is 12.3. The summed E-state index contributed by atoms with van der Waals surface area (Å²) in [5.74, 6) is 2.18. The Kier molecular flexibility index (Phi) is 3.30. The first-order chi connectivity index (χ1) is 12.0. The van der Waals surface area contributed by atoms with Crippen molar-refractivity contribution in [3.63, 3.8) is 0 Å². The van der Waals surface area contributed by atoms with Gasteiger partial charge in [0.25, 0.3) is 0 Å². The number of amides is 2. The normalized spacial score (nSPS) is 39.3. The van der Waals surface area contributed by atoms with Gasteiger partial charge in [-0.3, -0.25) is 14.8 Å². The molecule has 1 spiro atoms. The predicted octanol–water partition coefficient (Wildman–Crippen LogP) is 1.30. The molecule has 25 heavy (non-hydrogen) atoms. The van der Waals surface area contributed by atoms with Crippen molar-refractivity contribution in [3.8, 4) is 0 Å². The van der Waals surface area contributed by atoms with Crippen LogP contribution in [0.15, 0.2) is 5.38 Å². The van der Waals surface area contributed by atoms with Gasteiger partial charge in [0.15, 0.2) is 5.13 Å². The molecule has 0 aromatic carbocycles. The Morgan fingerprint density at radius 2 is 2.00 bits per heavy atom. The highest BCUT2D eigenvalue weighted by atomic mass is 32.1. The predicted molar refractivity (Wildman–Crippen MR) is 91.1 cm³/mol. The van der Waals surface area contributed by atoms with E-state index in [1.807, 2.05) is 0 Å². The van der Waals surface area contributed by atoms with Crippen LogP contribution in [0.3, 0.4) is 0 Å². The molecular weight excluding hydrogens is 340 g/mol. The molecule has 0 aliphatic heterocycles. The van der Waals surface area contributed by atoms with Crippen LogP contribution in [-0.4, -0.2) is 34.1 Å². The number of fused-ring (bicyclic) bond motifs is 1. The molecular formula is C17H22N4O3S. The Labute approximate surface area is 149 Å². The highest BCUT2D eigenvalue weighted by Crippen LogP contribution is 2.82. The van der Waals surface area contributed by atoms with Gasteiger partial charge in [-0.05, 0) is 55.3 Å². The van der Waals surface area contributed by atoms with Gasteiger partial charge in [0.05, 0.1) is 18.7 Å². The van der Waals surface area contributed by atoms with Crippen molar-refractivity contribution in [2.45, 2.75) is 44.1 Å². The maximum absolute atomic E-state index is 12.3. The summed E-state index contributed by atoms with van der Waals surface area (Å²) in [6.45, 7) is 0.312. The van der Waals surface area contributed by atoms with Crippen LogP contribution in [0, 0.1) is 23.2 Å².